The van der Waals surface area contributed by atoms with Gasteiger partial charge in [0.05, 0.1) is 7.11 Å². The van der Waals surface area contributed by atoms with Crippen LogP contribution in [0.2, 0.25) is 0 Å². The predicted molar refractivity (Wildman–Crippen MR) is 50.2 cm³/mol. The Kier molecular flexibility index (Phi) is 2.10. The second-order valence-corrected chi connectivity index (χ2v) is 3.22. The lowest BCUT2D eigenvalue weighted by atomic mass is 10.0. The molecule has 0 fully saturated rings. The average molecular weight is 179 g/mol. The van der Waals surface area contributed by atoms with E-state index in [1.165, 1.54) is 0 Å². The smallest absolute Gasteiger partial charge is 0.164 e. The van der Waals surface area contributed by atoms with Crippen molar-refractivity contribution in [2.45, 2.75) is 12.5 Å². The monoisotopic (exact) mass is 179 g/mol. The van der Waals surface area contributed by atoms with Crippen LogP contribution in [0.5, 0.6) is 11.5 Å². The maximum Gasteiger partial charge on any atom is 0.164 e. The van der Waals surface area contributed by atoms with Gasteiger partial charge in [0.2, 0.25) is 0 Å². The Bertz CT molecular complexity index is 312. The molecule has 1 aliphatic heterocycles. The summed E-state index contributed by atoms with van der Waals surface area (Å²) in [5, 5.41) is 0. The molecule has 0 spiro atoms. The van der Waals surface area contributed by atoms with Crippen LogP contribution in [-0.4, -0.2) is 19.8 Å². The molecule has 2 N–H and O–H groups in total. The van der Waals surface area contributed by atoms with Gasteiger partial charge in [-0.2, -0.15) is 0 Å². The number of fused-ring (bicyclic) bond motifs is 1. The van der Waals surface area contributed by atoms with E-state index < -0.39 is 0 Å². The van der Waals surface area contributed by atoms with Crippen LogP contribution < -0.4 is 15.2 Å². The highest BCUT2D eigenvalue weighted by Gasteiger charge is 2.19. The Balaban J connectivity index is 2.39. The number of rotatable bonds is 1. The van der Waals surface area contributed by atoms with Gasteiger partial charge in [-0.1, -0.05) is 12.1 Å². The fourth-order valence-electron chi connectivity index (χ4n) is 1.58. The van der Waals surface area contributed by atoms with Gasteiger partial charge in [-0.05, 0) is 18.1 Å². The summed E-state index contributed by atoms with van der Waals surface area (Å²) in [6.07, 6.45) is 0.868. The summed E-state index contributed by atoms with van der Waals surface area (Å²) in [7, 11) is 1.65. The Labute approximate surface area is 77.5 Å². The molecule has 2 rings (SSSR count). The molecule has 0 aromatic heterocycles. The Morgan fingerprint density at radius 1 is 1.54 bits per heavy atom. The van der Waals surface area contributed by atoms with Gasteiger partial charge in [-0.25, -0.2) is 0 Å². The van der Waals surface area contributed by atoms with E-state index >= 15 is 0 Å². The minimum Gasteiger partial charge on any atom is -0.493 e. The highest BCUT2D eigenvalue weighted by Crippen LogP contribution is 2.33. The van der Waals surface area contributed by atoms with Crippen molar-refractivity contribution >= 4 is 0 Å². The van der Waals surface area contributed by atoms with E-state index in [1.807, 2.05) is 18.2 Å². The van der Waals surface area contributed by atoms with Gasteiger partial charge in [-0.15, -0.1) is 0 Å². The van der Waals surface area contributed by atoms with Crippen LogP contribution in [0.4, 0.5) is 0 Å². The molecule has 1 atom stereocenters. The lowest BCUT2D eigenvalue weighted by molar-refractivity contribution is 0.248. The molecular weight excluding hydrogens is 166 g/mol. The number of methoxy groups -OCH3 is 1. The quantitative estimate of drug-likeness (QED) is 0.698. The summed E-state index contributed by atoms with van der Waals surface area (Å²) < 4.78 is 10.7. The first-order valence-electron chi connectivity index (χ1n) is 4.35. The number of hydrogen-bond acceptors (Lipinski definition) is 3. The third kappa shape index (κ3) is 1.47. The van der Waals surface area contributed by atoms with Crippen LogP contribution in [0.25, 0.3) is 0 Å². The molecule has 1 aliphatic rings. The van der Waals surface area contributed by atoms with Crippen LogP contribution in [0, 0.1) is 0 Å². The number of para-hydroxylation sites is 1. The van der Waals surface area contributed by atoms with Crippen molar-refractivity contribution in [1.29, 1.82) is 0 Å². The number of nitrogens with two attached hydrogens (primary N) is 1. The van der Waals surface area contributed by atoms with Crippen molar-refractivity contribution in [2.24, 2.45) is 5.73 Å². The molecule has 0 amide bonds. The van der Waals surface area contributed by atoms with Crippen molar-refractivity contribution in [2.75, 3.05) is 13.7 Å². The second kappa shape index (κ2) is 3.26. The van der Waals surface area contributed by atoms with Gasteiger partial charge in [-0.3, -0.25) is 0 Å². The molecule has 0 aliphatic carbocycles. The molecule has 1 aromatic carbocycles. The summed E-state index contributed by atoms with van der Waals surface area (Å²) in [4.78, 5) is 0. The van der Waals surface area contributed by atoms with Crippen LogP contribution in [-0.2, 0) is 6.42 Å². The van der Waals surface area contributed by atoms with Gasteiger partial charge in [0.15, 0.2) is 11.5 Å². The predicted octanol–water partition coefficient (Wildman–Crippen LogP) is 0.957. The average Bonchev–Trinajstić information content (AvgIpc) is 2.16. The van der Waals surface area contributed by atoms with E-state index in [9.17, 15) is 0 Å². The van der Waals surface area contributed by atoms with Crippen molar-refractivity contribution in [1.82, 2.24) is 0 Å². The van der Waals surface area contributed by atoms with Crippen LogP contribution in [0.3, 0.4) is 0 Å². The zero-order valence-electron chi connectivity index (χ0n) is 7.62. The molecule has 1 heterocycles. The van der Waals surface area contributed by atoms with Gasteiger partial charge < -0.3 is 15.2 Å². The maximum absolute atomic E-state index is 5.78. The summed E-state index contributed by atoms with van der Waals surface area (Å²) in [5.74, 6) is 1.65. The Morgan fingerprint density at radius 2 is 2.38 bits per heavy atom. The van der Waals surface area contributed by atoms with Gasteiger partial charge >= 0.3 is 0 Å². The van der Waals surface area contributed by atoms with Crippen LogP contribution in [0.1, 0.15) is 5.56 Å². The number of ether oxygens (including phenoxy) is 2. The van der Waals surface area contributed by atoms with Gasteiger partial charge in [0.1, 0.15) is 6.61 Å². The number of benzene rings is 1. The van der Waals surface area contributed by atoms with E-state index in [-0.39, 0.29) is 6.04 Å². The van der Waals surface area contributed by atoms with Crippen molar-refractivity contribution in [3.8, 4) is 11.5 Å². The van der Waals surface area contributed by atoms with E-state index in [4.69, 9.17) is 15.2 Å². The molecule has 3 nitrogen and oxygen atoms in total. The number of hydrogen-bond donors (Lipinski definition) is 1. The first-order valence-corrected chi connectivity index (χ1v) is 4.35. The minimum atomic E-state index is 0.111. The van der Waals surface area contributed by atoms with E-state index in [2.05, 4.69) is 0 Å². The normalized spacial score (nSPS) is 20.3. The SMILES string of the molecule is COc1cccc2c1OCC(N)C2. The van der Waals surface area contributed by atoms with Crippen LogP contribution in [0.15, 0.2) is 18.2 Å². The topological polar surface area (TPSA) is 44.5 Å². The lowest BCUT2D eigenvalue weighted by Crippen LogP contribution is -2.33. The maximum atomic E-state index is 5.78. The fraction of sp³-hybridized carbons (Fsp3) is 0.400. The first kappa shape index (κ1) is 8.38. The fourth-order valence-corrected chi connectivity index (χ4v) is 1.58. The van der Waals surface area contributed by atoms with Crippen molar-refractivity contribution in [3.63, 3.8) is 0 Å². The molecule has 0 radical (unpaired) electrons. The Hall–Kier alpha value is -1.22. The summed E-state index contributed by atoms with van der Waals surface area (Å²) in [6.45, 7) is 0.577. The molecule has 3 heteroatoms. The van der Waals surface area contributed by atoms with E-state index in [1.54, 1.807) is 7.11 Å². The largest absolute Gasteiger partial charge is 0.493 e. The Morgan fingerprint density at radius 3 is 3.15 bits per heavy atom. The van der Waals surface area contributed by atoms with Crippen molar-refractivity contribution < 1.29 is 9.47 Å². The molecule has 1 aromatic rings. The first-order chi connectivity index (χ1) is 6.31. The third-order valence-electron chi connectivity index (χ3n) is 2.20. The molecule has 70 valence electrons. The minimum absolute atomic E-state index is 0.111. The highest BCUT2D eigenvalue weighted by molar-refractivity contribution is 5.47. The zero-order valence-corrected chi connectivity index (χ0v) is 7.62. The summed E-state index contributed by atoms with van der Waals surface area (Å²) in [6, 6.07) is 5.99. The molecule has 1 unspecified atom stereocenters. The molecule has 0 bridgehead atoms. The third-order valence-corrected chi connectivity index (χ3v) is 2.20. The summed E-state index contributed by atoms with van der Waals surface area (Å²) in [5.41, 5.74) is 6.91. The van der Waals surface area contributed by atoms with Gasteiger partial charge in [0, 0.05) is 6.04 Å². The highest BCUT2D eigenvalue weighted by atomic mass is 16.5. The molecule has 0 saturated heterocycles. The summed E-state index contributed by atoms with van der Waals surface area (Å²) >= 11 is 0. The molecule has 0 saturated carbocycles. The zero-order chi connectivity index (χ0) is 9.26. The van der Waals surface area contributed by atoms with E-state index in [0.717, 1.165) is 23.5 Å². The van der Waals surface area contributed by atoms with Crippen LogP contribution >= 0.6 is 0 Å². The molecule has 13 heavy (non-hydrogen) atoms. The standard InChI is InChI=1S/C10H13NO2/c1-12-9-4-2-3-7-5-8(11)6-13-10(7)9/h2-4,8H,5-6,11H2,1H3. The second-order valence-electron chi connectivity index (χ2n) is 3.22. The van der Waals surface area contributed by atoms with E-state index in [0.29, 0.717) is 6.61 Å². The van der Waals surface area contributed by atoms with Crippen molar-refractivity contribution in [3.05, 3.63) is 23.8 Å². The van der Waals surface area contributed by atoms with Gasteiger partial charge in [0.25, 0.3) is 0 Å². The molecular formula is C10H13NO2. The lowest BCUT2D eigenvalue weighted by Gasteiger charge is -2.23.